The first-order chi connectivity index (χ1) is 11.2. The van der Waals surface area contributed by atoms with Crippen molar-refractivity contribution in [1.82, 2.24) is 4.98 Å². The molecule has 0 spiro atoms. The lowest BCUT2D eigenvalue weighted by molar-refractivity contribution is 0.102. The molecule has 3 nitrogen and oxygen atoms in total. The monoisotopic (exact) mass is 304 g/mol. The Labute approximate surface area is 136 Å². The zero-order valence-corrected chi connectivity index (χ0v) is 13.5. The summed E-state index contributed by atoms with van der Waals surface area (Å²) in [6.07, 6.45) is 3.52. The molecule has 0 saturated carbocycles. The van der Waals surface area contributed by atoms with E-state index in [1.807, 2.05) is 30.3 Å². The number of rotatable bonds is 4. The number of anilines is 1. The number of hydrogen-bond donors (Lipinski definition) is 1. The van der Waals surface area contributed by atoms with E-state index in [1.165, 1.54) is 0 Å². The van der Waals surface area contributed by atoms with Crippen LogP contribution in [0.5, 0.6) is 0 Å². The summed E-state index contributed by atoms with van der Waals surface area (Å²) < 4.78 is 0. The van der Waals surface area contributed by atoms with Gasteiger partial charge in [-0.1, -0.05) is 44.2 Å². The molecule has 1 amide bonds. The van der Waals surface area contributed by atoms with Gasteiger partial charge in [0.05, 0.1) is 5.52 Å². The number of nitrogens with one attached hydrogen (secondary N) is 1. The third-order valence-electron chi connectivity index (χ3n) is 4.13. The van der Waals surface area contributed by atoms with Crippen LogP contribution < -0.4 is 5.32 Å². The highest BCUT2D eigenvalue weighted by Gasteiger charge is 2.14. The molecular formula is C20H20N2O. The van der Waals surface area contributed by atoms with E-state index < -0.39 is 0 Å². The lowest BCUT2D eigenvalue weighted by Gasteiger charge is -2.15. The number of hydrogen-bond acceptors (Lipinski definition) is 2. The first-order valence-electron chi connectivity index (χ1n) is 8.00. The molecule has 0 fully saturated rings. The van der Waals surface area contributed by atoms with Crippen LogP contribution >= 0.6 is 0 Å². The van der Waals surface area contributed by atoms with Gasteiger partial charge in [-0.05, 0) is 42.2 Å². The van der Waals surface area contributed by atoms with Crippen LogP contribution in [0.1, 0.15) is 35.3 Å². The number of carbonyl (C=O) groups excluding carboxylic acids is 1. The molecule has 0 aliphatic carbocycles. The maximum Gasteiger partial charge on any atom is 0.256 e. The Morgan fingerprint density at radius 1 is 0.957 bits per heavy atom. The second-order valence-corrected chi connectivity index (χ2v) is 5.49. The van der Waals surface area contributed by atoms with Crippen LogP contribution in [0, 0.1) is 0 Å². The molecule has 0 unspecified atom stereocenters. The molecule has 0 radical (unpaired) electrons. The topological polar surface area (TPSA) is 42.0 Å². The van der Waals surface area contributed by atoms with Crippen LogP contribution in [0.2, 0.25) is 0 Å². The van der Waals surface area contributed by atoms with Gasteiger partial charge in [0.2, 0.25) is 0 Å². The third kappa shape index (κ3) is 2.95. The van der Waals surface area contributed by atoms with Crippen molar-refractivity contribution in [2.75, 3.05) is 5.32 Å². The summed E-state index contributed by atoms with van der Waals surface area (Å²) in [5.74, 6) is -0.0841. The first kappa shape index (κ1) is 15.2. The van der Waals surface area contributed by atoms with Gasteiger partial charge >= 0.3 is 0 Å². The summed E-state index contributed by atoms with van der Waals surface area (Å²) in [5, 5.41) is 4.00. The van der Waals surface area contributed by atoms with Crippen molar-refractivity contribution < 1.29 is 4.79 Å². The molecule has 1 aromatic heterocycles. The highest BCUT2D eigenvalue weighted by molar-refractivity contribution is 6.12. The van der Waals surface area contributed by atoms with E-state index >= 15 is 0 Å². The Morgan fingerprint density at radius 2 is 1.65 bits per heavy atom. The number of fused-ring (bicyclic) bond motifs is 1. The molecule has 3 aromatic rings. The van der Waals surface area contributed by atoms with Crippen molar-refractivity contribution in [3.05, 3.63) is 71.4 Å². The fraction of sp³-hybridized carbons (Fsp3) is 0.200. The van der Waals surface area contributed by atoms with Crippen LogP contribution in [0.25, 0.3) is 10.9 Å². The summed E-state index contributed by atoms with van der Waals surface area (Å²) >= 11 is 0. The number of amides is 1. The van der Waals surface area contributed by atoms with Gasteiger partial charge in [-0.3, -0.25) is 9.78 Å². The van der Waals surface area contributed by atoms with Crippen LogP contribution in [0.15, 0.2) is 54.7 Å². The predicted octanol–water partition coefficient (Wildman–Crippen LogP) is 4.61. The van der Waals surface area contributed by atoms with Crippen molar-refractivity contribution in [2.24, 2.45) is 0 Å². The zero-order chi connectivity index (χ0) is 16.2. The van der Waals surface area contributed by atoms with Gasteiger partial charge in [0.25, 0.3) is 5.91 Å². The lowest BCUT2D eigenvalue weighted by Crippen LogP contribution is -2.15. The van der Waals surface area contributed by atoms with E-state index in [9.17, 15) is 4.79 Å². The van der Waals surface area contributed by atoms with Crippen LogP contribution in [0.3, 0.4) is 0 Å². The largest absolute Gasteiger partial charge is 0.321 e. The quantitative estimate of drug-likeness (QED) is 0.764. The van der Waals surface area contributed by atoms with Gasteiger partial charge in [-0.25, -0.2) is 0 Å². The molecule has 0 aliphatic rings. The van der Waals surface area contributed by atoms with E-state index in [0.717, 1.165) is 40.6 Å². The summed E-state index contributed by atoms with van der Waals surface area (Å²) in [4.78, 5) is 17.1. The fourth-order valence-electron chi connectivity index (χ4n) is 2.89. The fourth-order valence-corrected chi connectivity index (χ4v) is 2.89. The Balaban J connectivity index is 2.02. The van der Waals surface area contributed by atoms with Gasteiger partial charge in [-0.15, -0.1) is 0 Å². The second-order valence-electron chi connectivity index (χ2n) is 5.49. The molecule has 116 valence electrons. The summed E-state index contributed by atoms with van der Waals surface area (Å²) in [5.41, 5.74) is 4.76. The molecule has 3 heteroatoms. The summed E-state index contributed by atoms with van der Waals surface area (Å²) in [6, 6.07) is 15.6. The Morgan fingerprint density at radius 3 is 2.35 bits per heavy atom. The summed E-state index contributed by atoms with van der Waals surface area (Å²) in [6.45, 7) is 4.21. The van der Waals surface area contributed by atoms with Crippen molar-refractivity contribution in [3.63, 3.8) is 0 Å². The molecule has 0 atom stereocenters. The smallest absolute Gasteiger partial charge is 0.256 e. The maximum atomic E-state index is 12.8. The summed E-state index contributed by atoms with van der Waals surface area (Å²) in [7, 11) is 0. The number of nitrogens with zero attached hydrogens (tertiary/aromatic N) is 1. The van der Waals surface area contributed by atoms with E-state index in [4.69, 9.17) is 0 Å². The van der Waals surface area contributed by atoms with E-state index in [2.05, 4.69) is 42.3 Å². The van der Waals surface area contributed by atoms with Gasteiger partial charge < -0.3 is 5.32 Å². The number of para-hydroxylation sites is 1. The molecule has 0 saturated heterocycles. The Hall–Kier alpha value is -2.68. The number of pyridine rings is 1. The molecule has 0 aliphatic heterocycles. The van der Waals surface area contributed by atoms with E-state index in [1.54, 1.807) is 6.20 Å². The molecule has 3 rings (SSSR count). The van der Waals surface area contributed by atoms with Gasteiger partial charge in [-0.2, -0.15) is 0 Å². The van der Waals surface area contributed by atoms with Gasteiger partial charge in [0.15, 0.2) is 0 Å². The van der Waals surface area contributed by atoms with E-state index in [0.29, 0.717) is 5.56 Å². The Bertz CT molecular complexity index is 828. The average molecular weight is 304 g/mol. The molecule has 1 heterocycles. The minimum Gasteiger partial charge on any atom is -0.321 e. The zero-order valence-electron chi connectivity index (χ0n) is 13.5. The second kappa shape index (κ2) is 6.61. The molecule has 23 heavy (non-hydrogen) atoms. The highest BCUT2D eigenvalue weighted by atomic mass is 16.1. The van der Waals surface area contributed by atoms with Crippen LogP contribution in [0.4, 0.5) is 5.69 Å². The van der Waals surface area contributed by atoms with E-state index in [-0.39, 0.29) is 5.91 Å². The number of aryl methyl sites for hydroxylation is 2. The minimum atomic E-state index is -0.0841. The average Bonchev–Trinajstić information content (AvgIpc) is 2.61. The molecule has 0 bridgehead atoms. The van der Waals surface area contributed by atoms with Crippen LogP contribution in [-0.4, -0.2) is 10.9 Å². The van der Waals surface area contributed by atoms with Crippen molar-refractivity contribution in [3.8, 4) is 0 Å². The van der Waals surface area contributed by atoms with Crippen molar-refractivity contribution in [1.29, 1.82) is 0 Å². The number of aromatic nitrogens is 1. The predicted molar refractivity (Wildman–Crippen MR) is 94.9 cm³/mol. The minimum absolute atomic E-state index is 0.0841. The number of carbonyl (C=O) groups is 1. The Kier molecular flexibility index (Phi) is 4.38. The molecule has 2 aromatic carbocycles. The molecule has 1 N–H and O–H groups in total. The lowest BCUT2D eigenvalue weighted by atomic mass is 10.0. The van der Waals surface area contributed by atoms with Gasteiger partial charge in [0, 0.05) is 22.8 Å². The van der Waals surface area contributed by atoms with Crippen molar-refractivity contribution >= 4 is 22.5 Å². The first-order valence-corrected chi connectivity index (χ1v) is 8.00. The highest BCUT2D eigenvalue weighted by Crippen LogP contribution is 2.24. The standard InChI is InChI=1S/C20H20N2O/c1-3-14-8-5-9-15(4-2)19(14)22-20(23)17-10-6-12-18-16(17)11-7-13-21-18/h5-13H,3-4H2,1-2H3,(H,22,23). The SMILES string of the molecule is CCc1cccc(CC)c1NC(=O)c1cccc2ncccc12. The number of benzene rings is 2. The maximum absolute atomic E-state index is 12.8. The normalized spacial score (nSPS) is 10.7. The van der Waals surface area contributed by atoms with Crippen molar-refractivity contribution in [2.45, 2.75) is 26.7 Å². The third-order valence-corrected chi connectivity index (χ3v) is 4.13. The van der Waals surface area contributed by atoms with Crippen LogP contribution in [-0.2, 0) is 12.8 Å². The molecular weight excluding hydrogens is 284 g/mol. The van der Waals surface area contributed by atoms with Gasteiger partial charge in [0.1, 0.15) is 0 Å².